The van der Waals surface area contributed by atoms with Gasteiger partial charge in [-0.3, -0.25) is 19.3 Å². The van der Waals surface area contributed by atoms with Crippen LogP contribution in [0.1, 0.15) is 12.8 Å². The van der Waals surface area contributed by atoms with Crippen LogP contribution in [0.25, 0.3) is 11.1 Å². The number of pyridine rings is 2. The van der Waals surface area contributed by atoms with Crippen molar-refractivity contribution >= 4 is 15.9 Å². The van der Waals surface area contributed by atoms with Crippen LogP contribution in [-0.2, 0) is 21.4 Å². The molecule has 2 heterocycles. The molecular formula is C15H17N3O4S. The molecule has 23 heavy (non-hydrogen) atoms. The van der Waals surface area contributed by atoms with Crippen molar-refractivity contribution in [3.05, 3.63) is 53.2 Å². The van der Waals surface area contributed by atoms with Gasteiger partial charge in [0.25, 0.3) is 5.56 Å². The second kappa shape index (κ2) is 7.19. The summed E-state index contributed by atoms with van der Waals surface area (Å²) in [6.07, 6.45) is 6.30. The zero-order valence-electron chi connectivity index (χ0n) is 12.6. The van der Waals surface area contributed by atoms with Crippen molar-refractivity contribution in [3.63, 3.8) is 0 Å². The van der Waals surface area contributed by atoms with Gasteiger partial charge in [-0.2, -0.15) is 0 Å². The van der Waals surface area contributed by atoms with E-state index in [0.717, 1.165) is 17.4 Å². The van der Waals surface area contributed by atoms with Crippen molar-refractivity contribution < 1.29 is 13.2 Å². The highest BCUT2D eigenvalue weighted by molar-refractivity contribution is 7.89. The minimum Gasteiger partial charge on any atom is -0.315 e. The lowest BCUT2D eigenvalue weighted by Crippen LogP contribution is -2.29. The van der Waals surface area contributed by atoms with Crippen LogP contribution in [0.4, 0.5) is 0 Å². The monoisotopic (exact) mass is 335 g/mol. The Bertz CT molecular complexity index is 845. The molecule has 0 fully saturated rings. The molecule has 0 atom stereocenters. The van der Waals surface area contributed by atoms with E-state index in [2.05, 4.69) is 4.98 Å². The van der Waals surface area contributed by atoms with Crippen LogP contribution in [0.15, 0.2) is 47.7 Å². The van der Waals surface area contributed by atoms with Gasteiger partial charge in [-0.15, -0.1) is 0 Å². The molecule has 0 saturated carbocycles. The molecule has 0 aliphatic heterocycles. The first-order valence-electron chi connectivity index (χ1n) is 6.97. The highest BCUT2D eigenvalue weighted by Crippen LogP contribution is 2.15. The standard InChI is InChI=1S/C15H17N3O4S/c1-23(21,22)17-14(19)3-2-9-18-10-6-13(11-15(18)20)12-4-7-16-8-5-12/h4-8,10-11H,2-3,9H2,1H3,(H,17,19). The summed E-state index contributed by atoms with van der Waals surface area (Å²) in [5.74, 6) is -0.575. The number of sulfonamides is 1. The minimum atomic E-state index is -3.54. The summed E-state index contributed by atoms with van der Waals surface area (Å²) in [7, 11) is -3.54. The van der Waals surface area contributed by atoms with Crippen LogP contribution >= 0.6 is 0 Å². The quantitative estimate of drug-likeness (QED) is 0.840. The van der Waals surface area contributed by atoms with Crippen molar-refractivity contribution in [2.24, 2.45) is 0 Å². The van der Waals surface area contributed by atoms with E-state index in [9.17, 15) is 18.0 Å². The Morgan fingerprint density at radius 1 is 1.22 bits per heavy atom. The van der Waals surface area contributed by atoms with Crippen molar-refractivity contribution in [2.45, 2.75) is 19.4 Å². The zero-order valence-corrected chi connectivity index (χ0v) is 13.4. The van der Waals surface area contributed by atoms with Crippen LogP contribution < -0.4 is 10.3 Å². The highest BCUT2D eigenvalue weighted by atomic mass is 32.2. The Kier molecular flexibility index (Phi) is 5.28. The SMILES string of the molecule is CS(=O)(=O)NC(=O)CCCn1ccc(-c2ccncc2)cc1=O. The smallest absolute Gasteiger partial charge is 0.251 e. The molecule has 0 unspecified atom stereocenters. The average molecular weight is 335 g/mol. The summed E-state index contributed by atoms with van der Waals surface area (Å²) in [6.45, 7) is 0.340. The number of amides is 1. The van der Waals surface area contributed by atoms with Gasteiger partial charge in [-0.25, -0.2) is 8.42 Å². The molecule has 122 valence electrons. The minimum absolute atomic E-state index is 0.0333. The molecule has 2 rings (SSSR count). The lowest BCUT2D eigenvalue weighted by Gasteiger charge is -2.07. The molecule has 7 nitrogen and oxygen atoms in total. The molecule has 2 aromatic rings. The third-order valence-corrected chi connectivity index (χ3v) is 3.71. The summed E-state index contributed by atoms with van der Waals surface area (Å²) in [5.41, 5.74) is 1.52. The maximum absolute atomic E-state index is 12.1. The summed E-state index contributed by atoms with van der Waals surface area (Å²) in [4.78, 5) is 27.4. The number of carbonyl (C=O) groups excluding carboxylic acids is 1. The topological polar surface area (TPSA) is 98.1 Å². The fourth-order valence-corrected chi connectivity index (χ4v) is 2.60. The fourth-order valence-electron chi connectivity index (χ4n) is 2.08. The van der Waals surface area contributed by atoms with E-state index in [1.807, 2.05) is 22.9 Å². The Morgan fingerprint density at radius 3 is 2.52 bits per heavy atom. The van der Waals surface area contributed by atoms with E-state index in [1.165, 1.54) is 10.6 Å². The Morgan fingerprint density at radius 2 is 1.91 bits per heavy atom. The predicted octanol–water partition coefficient (Wildman–Crippen LogP) is 0.766. The third-order valence-electron chi connectivity index (χ3n) is 3.11. The van der Waals surface area contributed by atoms with Crippen molar-refractivity contribution in [1.29, 1.82) is 0 Å². The van der Waals surface area contributed by atoms with Gasteiger partial charge in [-0.05, 0) is 35.7 Å². The third kappa shape index (κ3) is 5.33. The van der Waals surface area contributed by atoms with Crippen molar-refractivity contribution in [1.82, 2.24) is 14.3 Å². The van der Waals surface area contributed by atoms with Crippen molar-refractivity contribution in [3.8, 4) is 11.1 Å². The maximum Gasteiger partial charge on any atom is 0.251 e. The lowest BCUT2D eigenvalue weighted by atomic mass is 10.1. The van der Waals surface area contributed by atoms with E-state index >= 15 is 0 Å². The van der Waals surface area contributed by atoms with Crippen LogP contribution in [0, 0.1) is 0 Å². The summed E-state index contributed by atoms with van der Waals surface area (Å²) in [6, 6.07) is 6.96. The van der Waals surface area contributed by atoms with Gasteiger partial charge in [0.1, 0.15) is 0 Å². The van der Waals surface area contributed by atoms with Gasteiger partial charge in [0.2, 0.25) is 15.9 Å². The molecule has 2 aromatic heterocycles. The zero-order chi connectivity index (χ0) is 16.9. The Hall–Kier alpha value is -2.48. The highest BCUT2D eigenvalue weighted by Gasteiger charge is 2.08. The number of hydrogen-bond donors (Lipinski definition) is 1. The van der Waals surface area contributed by atoms with Gasteiger partial charge in [0, 0.05) is 37.6 Å². The fraction of sp³-hybridized carbons (Fsp3) is 0.267. The van der Waals surface area contributed by atoms with E-state index < -0.39 is 15.9 Å². The van der Waals surface area contributed by atoms with Crippen molar-refractivity contribution in [2.75, 3.05) is 6.26 Å². The van der Waals surface area contributed by atoms with Gasteiger partial charge in [0.05, 0.1) is 6.26 Å². The Balaban J connectivity index is 1.97. The molecule has 0 spiro atoms. The first-order valence-corrected chi connectivity index (χ1v) is 8.86. The van der Waals surface area contributed by atoms with Gasteiger partial charge < -0.3 is 4.57 Å². The number of nitrogens with one attached hydrogen (secondary N) is 1. The van der Waals surface area contributed by atoms with Gasteiger partial charge in [-0.1, -0.05) is 0 Å². The van der Waals surface area contributed by atoms with Gasteiger partial charge in [0.15, 0.2) is 0 Å². The first kappa shape index (κ1) is 16.9. The molecule has 0 bridgehead atoms. The normalized spacial score (nSPS) is 11.2. The molecule has 0 radical (unpaired) electrons. The molecule has 0 aliphatic carbocycles. The van der Waals surface area contributed by atoms with E-state index in [0.29, 0.717) is 13.0 Å². The van der Waals surface area contributed by atoms with Gasteiger partial charge >= 0.3 is 0 Å². The number of rotatable bonds is 6. The molecule has 8 heteroatoms. The van der Waals surface area contributed by atoms with E-state index in [-0.39, 0.29) is 12.0 Å². The molecule has 1 N–H and O–H groups in total. The number of nitrogens with zero attached hydrogens (tertiary/aromatic N) is 2. The van der Waals surface area contributed by atoms with Crippen LogP contribution in [0.2, 0.25) is 0 Å². The molecule has 1 amide bonds. The van der Waals surface area contributed by atoms with E-state index in [1.54, 1.807) is 18.6 Å². The number of aromatic nitrogens is 2. The average Bonchev–Trinajstić information content (AvgIpc) is 2.48. The Labute approximate surface area is 134 Å². The second-order valence-electron chi connectivity index (χ2n) is 5.08. The van der Waals surface area contributed by atoms with Crippen LogP contribution in [0.3, 0.4) is 0 Å². The lowest BCUT2D eigenvalue weighted by molar-refractivity contribution is -0.119. The van der Waals surface area contributed by atoms with Crippen LogP contribution in [0.5, 0.6) is 0 Å². The number of carbonyl (C=O) groups is 1. The largest absolute Gasteiger partial charge is 0.315 e. The summed E-state index contributed by atoms with van der Waals surface area (Å²) < 4.78 is 25.2. The summed E-state index contributed by atoms with van der Waals surface area (Å²) in [5, 5.41) is 0. The first-order chi connectivity index (χ1) is 10.8. The van der Waals surface area contributed by atoms with E-state index in [4.69, 9.17) is 0 Å². The predicted molar refractivity (Wildman–Crippen MR) is 86.2 cm³/mol. The second-order valence-corrected chi connectivity index (χ2v) is 6.83. The maximum atomic E-state index is 12.1. The molecule has 0 aliphatic rings. The summed E-state index contributed by atoms with van der Waals surface area (Å²) >= 11 is 0. The molecular weight excluding hydrogens is 318 g/mol. The van der Waals surface area contributed by atoms with Crippen LogP contribution in [-0.4, -0.2) is 30.1 Å². The number of hydrogen-bond acceptors (Lipinski definition) is 5. The molecule has 0 saturated heterocycles. The molecule has 0 aromatic carbocycles. The number of aryl methyl sites for hydroxylation is 1.